The first-order valence-electron chi connectivity index (χ1n) is 6.71. The van der Waals surface area contributed by atoms with E-state index < -0.39 is 0 Å². The van der Waals surface area contributed by atoms with Crippen LogP contribution in [-0.2, 0) is 0 Å². The molecule has 2 atom stereocenters. The van der Waals surface area contributed by atoms with Gasteiger partial charge in [-0.3, -0.25) is 0 Å². The third kappa shape index (κ3) is 3.85. The van der Waals surface area contributed by atoms with E-state index in [9.17, 15) is 4.79 Å². The van der Waals surface area contributed by atoms with Crippen molar-refractivity contribution in [3.63, 3.8) is 0 Å². The molecule has 0 bridgehead atoms. The van der Waals surface area contributed by atoms with E-state index in [2.05, 4.69) is 27.9 Å². The van der Waals surface area contributed by atoms with Crippen LogP contribution in [0.4, 0.5) is 4.79 Å². The van der Waals surface area contributed by atoms with Gasteiger partial charge in [-0.1, -0.05) is 0 Å². The Morgan fingerprint density at radius 1 is 1.41 bits per heavy atom. The van der Waals surface area contributed by atoms with Crippen LogP contribution in [0, 0.1) is 0 Å². The smallest absolute Gasteiger partial charge is 0.315 e. The van der Waals surface area contributed by atoms with Gasteiger partial charge in [0.15, 0.2) is 0 Å². The molecular weight excluding hydrogens is 216 g/mol. The number of hydrogen-bond acceptors (Lipinski definition) is 3. The van der Waals surface area contributed by atoms with Gasteiger partial charge in [-0.05, 0) is 45.8 Å². The van der Waals surface area contributed by atoms with Gasteiger partial charge in [0.2, 0.25) is 0 Å². The second kappa shape index (κ2) is 6.21. The third-order valence-corrected chi connectivity index (χ3v) is 3.80. The van der Waals surface area contributed by atoms with Crippen molar-refractivity contribution in [2.24, 2.45) is 0 Å². The third-order valence-electron chi connectivity index (χ3n) is 3.80. The van der Waals surface area contributed by atoms with Crippen molar-refractivity contribution in [3.8, 4) is 0 Å². The maximum atomic E-state index is 11.7. The molecule has 2 heterocycles. The van der Waals surface area contributed by atoms with E-state index in [1.54, 1.807) is 0 Å². The molecule has 17 heavy (non-hydrogen) atoms. The van der Waals surface area contributed by atoms with Gasteiger partial charge in [-0.25, -0.2) is 4.79 Å². The molecule has 3 N–H and O–H groups in total. The Kier molecular flexibility index (Phi) is 4.62. The number of rotatable bonds is 3. The summed E-state index contributed by atoms with van der Waals surface area (Å²) in [6.45, 7) is 3.90. The molecule has 0 aromatic rings. The highest BCUT2D eigenvalue weighted by atomic mass is 16.2. The lowest BCUT2D eigenvalue weighted by Crippen LogP contribution is -2.50. The summed E-state index contributed by atoms with van der Waals surface area (Å²) in [6, 6.07) is 0.800. The van der Waals surface area contributed by atoms with Crippen LogP contribution < -0.4 is 16.0 Å². The highest BCUT2D eigenvalue weighted by molar-refractivity contribution is 5.74. The average Bonchev–Trinajstić information content (AvgIpc) is 2.74. The Bertz CT molecular complexity index is 253. The van der Waals surface area contributed by atoms with Crippen LogP contribution in [-0.4, -0.2) is 56.2 Å². The largest absolute Gasteiger partial charge is 0.337 e. The number of nitrogens with one attached hydrogen (secondary N) is 3. The molecule has 98 valence electrons. The molecule has 0 aromatic carbocycles. The van der Waals surface area contributed by atoms with E-state index in [1.165, 1.54) is 12.8 Å². The fourth-order valence-electron chi connectivity index (χ4n) is 2.66. The lowest BCUT2D eigenvalue weighted by molar-refractivity contribution is 0.228. The number of hydrogen-bond donors (Lipinski definition) is 3. The van der Waals surface area contributed by atoms with E-state index in [-0.39, 0.29) is 6.03 Å². The molecule has 0 radical (unpaired) electrons. The molecule has 2 fully saturated rings. The molecule has 5 heteroatoms. The number of urea groups is 1. The second-order valence-electron chi connectivity index (χ2n) is 5.17. The number of amides is 2. The van der Waals surface area contributed by atoms with E-state index in [0.29, 0.717) is 12.1 Å². The van der Waals surface area contributed by atoms with Crippen molar-refractivity contribution >= 4 is 6.03 Å². The highest BCUT2D eigenvalue weighted by Gasteiger charge is 2.21. The van der Waals surface area contributed by atoms with Crippen molar-refractivity contribution in [1.29, 1.82) is 0 Å². The molecule has 0 aromatic heterocycles. The van der Waals surface area contributed by atoms with Crippen LogP contribution in [0.15, 0.2) is 0 Å². The fourth-order valence-corrected chi connectivity index (χ4v) is 2.66. The lowest BCUT2D eigenvalue weighted by atomic mass is 10.1. The van der Waals surface area contributed by atoms with Crippen LogP contribution in [0.2, 0.25) is 0 Å². The number of carbonyl (C=O) groups excluding carboxylic acids is 1. The van der Waals surface area contributed by atoms with Gasteiger partial charge < -0.3 is 20.9 Å². The molecule has 2 aliphatic rings. The van der Waals surface area contributed by atoms with Gasteiger partial charge in [0.25, 0.3) is 0 Å². The molecule has 5 nitrogen and oxygen atoms in total. The minimum Gasteiger partial charge on any atom is -0.337 e. The quantitative estimate of drug-likeness (QED) is 0.657. The molecule has 2 rings (SSSR count). The second-order valence-corrected chi connectivity index (χ2v) is 5.17. The van der Waals surface area contributed by atoms with Crippen molar-refractivity contribution in [3.05, 3.63) is 0 Å². The van der Waals surface area contributed by atoms with Crippen molar-refractivity contribution in [1.82, 2.24) is 20.9 Å². The summed E-state index contributed by atoms with van der Waals surface area (Å²) in [6.07, 6.45) is 4.68. The summed E-state index contributed by atoms with van der Waals surface area (Å²) in [5, 5.41) is 9.30. The van der Waals surface area contributed by atoms with Gasteiger partial charge in [0, 0.05) is 25.2 Å². The Morgan fingerprint density at radius 3 is 2.94 bits per heavy atom. The summed E-state index contributed by atoms with van der Waals surface area (Å²) < 4.78 is 0. The summed E-state index contributed by atoms with van der Waals surface area (Å²) in [4.78, 5) is 14.0. The lowest BCUT2D eigenvalue weighted by Gasteiger charge is -2.25. The summed E-state index contributed by atoms with van der Waals surface area (Å²) in [5.41, 5.74) is 0. The molecule has 2 saturated heterocycles. The number of nitrogens with zero attached hydrogens (tertiary/aromatic N) is 1. The Hall–Kier alpha value is -0.810. The monoisotopic (exact) mass is 240 g/mol. The SMILES string of the molecule is CN1CCCC1CNC(=O)NC1CCCNC1. The normalized spacial score (nSPS) is 30.2. The molecule has 2 amide bonds. The van der Waals surface area contributed by atoms with Crippen LogP contribution >= 0.6 is 0 Å². The van der Waals surface area contributed by atoms with Gasteiger partial charge in [0.05, 0.1) is 0 Å². The zero-order valence-electron chi connectivity index (χ0n) is 10.7. The summed E-state index contributed by atoms with van der Waals surface area (Å²) in [5.74, 6) is 0. The molecule has 0 aliphatic carbocycles. The van der Waals surface area contributed by atoms with Gasteiger partial charge in [-0.15, -0.1) is 0 Å². The Labute approximate surface area is 103 Å². The average molecular weight is 240 g/mol. The van der Waals surface area contributed by atoms with Crippen molar-refractivity contribution in [2.75, 3.05) is 33.2 Å². The van der Waals surface area contributed by atoms with Crippen LogP contribution in [0.5, 0.6) is 0 Å². The first-order chi connectivity index (χ1) is 8.25. The van der Waals surface area contributed by atoms with Gasteiger partial charge in [-0.2, -0.15) is 0 Å². The van der Waals surface area contributed by atoms with E-state index in [0.717, 1.165) is 39.0 Å². The van der Waals surface area contributed by atoms with Crippen LogP contribution in [0.3, 0.4) is 0 Å². The summed E-state index contributed by atoms with van der Waals surface area (Å²) in [7, 11) is 2.13. The Morgan fingerprint density at radius 2 is 2.29 bits per heavy atom. The minimum absolute atomic E-state index is 0.0148. The zero-order valence-corrected chi connectivity index (χ0v) is 10.7. The zero-order chi connectivity index (χ0) is 12.1. The molecule has 0 saturated carbocycles. The van der Waals surface area contributed by atoms with Crippen molar-refractivity contribution in [2.45, 2.75) is 37.8 Å². The highest BCUT2D eigenvalue weighted by Crippen LogP contribution is 2.13. The van der Waals surface area contributed by atoms with E-state index >= 15 is 0 Å². The van der Waals surface area contributed by atoms with Gasteiger partial charge >= 0.3 is 6.03 Å². The maximum absolute atomic E-state index is 11.7. The molecule has 2 unspecified atom stereocenters. The number of carbonyl (C=O) groups is 1. The molecule has 0 spiro atoms. The van der Waals surface area contributed by atoms with Crippen molar-refractivity contribution < 1.29 is 4.79 Å². The molecule has 2 aliphatic heterocycles. The predicted molar refractivity (Wildman–Crippen MR) is 68.1 cm³/mol. The van der Waals surface area contributed by atoms with Gasteiger partial charge in [0.1, 0.15) is 0 Å². The minimum atomic E-state index is -0.0148. The Balaban J connectivity index is 1.63. The van der Waals surface area contributed by atoms with E-state index in [1.807, 2.05) is 0 Å². The fraction of sp³-hybridized carbons (Fsp3) is 0.917. The molecular formula is C12H24N4O. The standard InChI is InChI=1S/C12H24N4O/c1-16-7-3-5-11(16)9-14-12(17)15-10-4-2-6-13-8-10/h10-11,13H,2-9H2,1H3,(H2,14,15,17). The number of likely N-dealkylation sites (tertiary alicyclic amines) is 1. The van der Waals surface area contributed by atoms with E-state index in [4.69, 9.17) is 0 Å². The first-order valence-corrected chi connectivity index (χ1v) is 6.71. The van der Waals surface area contributed by atoms with Crippen LogP contribution in [0.1, 0.15) is 25.7 Å². The van der Waals surface area contributed by atoms with Crippen LogP contribution in [0.25, 0.3) is 0 Å². The summed E-state index contributed by atoms with van der Waals surface area (Å²) >= 11 is 0. The number of piperidine rings is 1. The number of likely N-dealkylation sites (N-methyl/N-ethyl adjacent to an activating group) is 1. The first kappa shape index (κ1) is 12.6. The maximum Gasteiger partial charge on any atom is 0.315 e. The topological polar surface area (TPSA) is 56.4 Å². The predicted octanol–water partition coefficient (Wildman–Crippen LogP) is 0.132.